The summed E-state index contributed by atoms with van der Waals surface area (Å²) in [5.41, 5.74) is 0. The van der Waals surface area contributed by atoms with Crippen molar-refractivity contribution >= 4 is 23.5 Å². The lowest BCUT2D eigenvalue weighted by Gasteiger charge is -2.06. The van der Waals surface area contributed by atoms with Crippen molar-refractivity contribution < 1.29 is 4.74 Å². The fourth-order valence-electron chi connectivity index (χ4n) is 0.944. The minimum atomic E-state index is 0.959. The summed E-state index contributed by atoms with van der Waals surface area (Å²) in [4.78, 5) is 2.48. The van der Waals surface area contributed by atoms with E-state index in [9.17, 15) is 0 Å². The van der Waals surface area contributed by atoms with Crippen LogP contribution in [0, 0.1) is 0 Å². The van der Waals surface area contributed by atoms with Crippen molar-refractivity contribution in [3.05, 3.63) is 18.2 Å². The molecule has 0 saturated carbocycles. The van der Waals surface area contributed by atoms with Crippen LogP contribution in [-0.2, 0) is 0 Å². The van der Waals surface area contributed by atoms with E-state index in [1.165, 1.54) is 9.79 Å². The van der Waals surface area contributed by atoms with Crippen LogP contribution in [0.4, 0.5) is 0 Å². The molecule has 0 aromatic heterocycles. The van der Waals surface area contributed by atoms with Gasteiger partial charge in [-0.3, -0.25) is 0 Å². The Balaban J connectivity index is 3.02. The zero-order valence-electron chi connectivity index (χ0n) is 7.46. The van der Waals surface area contributed by atoms with Crippen molar-refractivity contribution in [1.29, 1.82) is 0 Å². The molecular weight excluding hydrogens is 188 g/mol. The van der Waals surface area contributed by atoms with E-state index in [2.05, 4.69) is 24.6 Å². The van der Waals surface area contributed by atoms with E-state index in [0.29, 0.717) is 0 Å². The van der Waals surface area contributed by atoms with Gasteiger partial charge in [0.15, 0.2) is 0 Å². The predicted octanol–water partition coefficient (Wildman–Crippen LogP) is 3.14. The SMILES string of the molecule is COc1ccc(SC)cc1SC. The van der Waals surface area contributed by atoms with Gasteiger partial charge in [-0.15, -0.1) is 23.5 Å². The van der Waals surface area contributed by atoms with Crippen molar-refractivity contribution in [1.82, 2.24) is 0 Å². The molecule has 3 heteroatoms. The summed E-state index contributed by atoms with van der Waals surface area (Å²) < 4.78 is 5.21. The lowest BCUT2D eigenvalue weighted by Crippen LogP contribution is -1.85. The van der Waals surface area contributed by atoms with E-state index in [1.54, 1.807) is 30.6 Å². The van der Waals surface area contributed by atoms with Gasteiger partial charge in [-0.2, -0.15) is 0 Å². The highest BCUT2D eigenvalue weighted by molar-refractivity contribution is 7.99. The molecule has 1 nitrogen and oxygen atoms in total. The molecule has 12 heavy (non-hydrogen) atoms. The van der Waals surface area contributed by atoms with Crippen LogP contribution >= 0.6 is 23.5 Å². The van der Waals surface area contributed by atoms with Crippen molar-refractivity contribution in [3.63, 3.8) is 0 Å². The summed E-state index contributed by atoms with van der Waals surface area (Å²) in [5.74, 6) is 0.959. The fraction of sp³-hybridized carbons (Fsp3) is 0.333. The lowest BCUT2D eigenvalue weighted by molar-refractivity contribution is 0.404. The van der Waals surface area contributed by atoms with Crippen LogP contribution in [0.1, 0.15) is 0 Å². The third kappa shape index (κ3) is 2.11. The Kier molecular flexibility index (Phi) is 3.82. The van der Waals surface area contributed by atoms with E-state index in [-0.39, 0.29) is 0 Å². The van der Waals surface area contributed by atoms with Crippen LogP contribution in [0.15, 0.2) is 28.0 Å². The highest BCUT2D eigenvalue weighted by atomic mass is 32.2. The standard InChI is InChI=1S/C9H12OS2/c1-10-8-5-4-7(11-2)6-9(8)12-3/h4-6H,1-3H3. The van der Waals surface area contributed by atoms with Gasteiger partial charge in [0.2, 0.25) is 0 Å². The van der Waals surface area contributed by atoms with Crippen molar-refractivity contribution in [2.45, 2.75) is 9.79 Å². The number of ether oxygens (including phenoxy) is 1. The molecule has 1 rings (SSSR count). The summed E-state index contributed by atoms with van der Waals surface area (Å²) in [6.45, 7) is 0. The molecule has 0 N–H and O–H groups in total. The van der Waals surface area contributed by atoms with E-state index in [1.807, 2.05) is 6.07 Å². The minimum Gasteiger partial charge on any atom is -0.496 e. The Bertz CT molecular complexity index is 261. The van der Waals surface area contributed by atoms with Gasteiger partial charge >= 0.3 is 0 Å². The smallest absolute Gasteiger partial charge is 0.132 e. The monoisotopic (exact) mass is 200 g/mol. The van der Waals surface area contributed by atoms with Gasteiger partial charge in [-0.1, -0.05) is 0 Å². The summed E-state index contributed by atoms with van der Waals surface area (Å²) in [6.07, 6.45) is 4.13. The summed E-state index contributed by atoms with van der Waals surface area (Å²) in [6, 6.07) is 6.23. The second-order valence-electron chi connectivity index (χ2n) is 2.22. The Labute approximate surface area is 81.9 Å². The molecule has 0 unspecified atom stereocenters. The van der Waals surface area contributed by atoms with Gasteiger partial charge < -0.3 is 4.74 Å². The Morgan fingerprint density at radius 3 is 2.42 bits per heavy atom. The maximum absolute atomic E-state index is 5.21. The second kappa shape index (κ2) is 4.67. The van der Waals surface area contributed by atoms with Gasteiger partial charge in [0.25, 0.3) is 0 Å². The van der Waals surface area contributed by atoms with E-state index >= 15 is 0 Å². The highest BCUT2D eigenvalue weighted by Crippen LogP contribution is 2.30. The molecular formula is C9H12OS2. The number of benzene rings is 1. The van der Waals surface area contributed by atoms with Gasteiger partial charge in [0.1, 0.15) is 5.75 Å². The maximum Gasteiger partial charge on any atom is 0.132 e. The molecule has 0 radical (unpaired) electrons. The zero-order valence-corrected chi connectivity index (χ0v) is 9.09. The average molecular weight is 200 g/mol. The van der Waals surface area contributed by atoms with Crippen LogP contribution in [0.25, 0.3) is 0 Å². The van der Waals surface area contributed by atoms with Crippen LogP contribution in [-0.4, -0.2) is 19.6 Å². The predicted molar refractivity (Wildman–Crippen MR) is 56.6 cm³/mol. The number of hydrogen-bond acceptors (Lipinski definition) is 3. The van der Waals surface area contributed by atoms with Gasteiger partial charge in [-0.25, -0.2) is 0 Å². The van der Waals surface area contributed by atoms with Crippen LogP contribution in [0.2, 0.25) is 0 Å². The second-order valence-corrected chi connectivity index (χ2v) is 3.95. The molecule has 0 spiro atoms. The van der Waals surface area contributed by atoms with Crippen LogP contribution in [0.5, 0.6) is 5.75 Å². The average Bonchev–Trinajstić information content (AvgIpc) is 2.16. The highest BCUT2D eigenvalue weighted by Gasteiger charge is 2.01. The van der Waals surface area contributed by atoms with Gasteiger partial charge in [0, 0.05) is 4.90 Å². The van der Waals surface area contributed by atoms with Crippen molar-refractivity contribution in [3.8, 4) is 5.75 Å². The summed E-state index contributed by atoms with van der Waals surface area (Å²) in [5, 5.41) is 0. The van der Waals surface area contributed by atoms with E-state index in [0.717, 1.165) is 5.75 Å². The number of methoxy groups -OCH3 is 1. The largest absolute Gasteiger partial charge is 0.496 e. The molecule has 66 valence electrons. The number of rotatable bonds is 3. The first kappa shape index (κ1) is 9.81. The molecule has 0 saturated heterocycles. The Hall–Kier alpha value is -0.280. The maximum atomic E-state index is 5.21. The molecule has 0 heterocycles. The van der Waals surface area contributed by atoms with E-state index in [4.69, 9.17) is 4.74 Å². The molecule has 0 amide bonds. The first-order valence-electron chi connectivity index (χ1n) is 3.58. The van der Waals surface area contributed by atoms with Crippen molar-refractivity contribution in [2.24, 2.45) is 0 Å². The fourth-order valence-corrected chi connectivity index (χ4v) is 2.06. The molecule has 0 bridgehead atoms. The zero-order chi connectivity index (χ0) is 8.97. The molecule has 0 aliphatic carbocycles. The molecule has 0 aliphatic heterocycles. The topological polar surface area (TPSA) is 9.23 Å². The molecule has 0 fully saturated rings. The van der Waals surface area contributed by atoms with E-state index < -0.39 is 0 Å². The molecule has 0 atom stereocenters. The third-order valence-electron chi connectivity index (χ3n) is 1.59. The minimum absolute atomic E-state index is 0.959. The Morgan fingerprint density at radius 2 is 1.92 bits per heavy atom. The quantitative estimate of drug-likeness (QED) is 0.694. The van der Waals surface area contributed by atoms with Crippen LogP contribution < -0.4 is 4.74 Å². The van der Waals surface area contributed by atoms with Crippen molar-refractivity contribution in [2.75, 3.05) is 19.6 Å². The first-order chi connectivity index (χ1) is 5.81. The normalized spacial score (nSPS) is 9.92. The summed E-state index contributed by atoms with van der Waals surface area (Å²) in [7, 11) is 1.70. The molecule has 1 aromatic rings. The molecule has 1 aromatic carbocycles. The molecule has 0 aliphatic rings. The van der Waals surface area contributed by atoms with Crippen LogP contribution in [0.3, 0.4) is 0 Å². The Morgan fingerprint density at radius 1 is 1.17 bits per heavy atom. The lowest BCUT2D eigenvalue weighted by atomic mass is 10.3. The number of hydrogen-bond donors (Lipinski definition) is 0. The third-order valence-corrected chi connectivity index (χ3v) is 3.07. The van der Waals surface area contributed by atoms with Gasteiger partial charge in [0.05, 0.1) is 12.0 Å². The van der Waals surface area contributed by atoms with Gasteiger partial charge in [-0.05, 0) is 30.7 Å². The summed E-state index contributed by atoms with van der Waals surface area (Å²) >= 11 is 3.46. The number of thioether (sulfide) groups is 2. The first-order valence-corrected chi connectivity index (χ1v) is 6.02.